The van der Waals surface area contributed by atoms with Crippen LogP contribution in [0.15, 0.2) is 47.0 Å². The molecular weight excluding hydrogens is 554 g/mol. The minimum atomic E-state index is -4.48. The number of urea groups is 1. The van der Waals surface area contributed by atoms with Crippen LogP contribution in [0, 0.1) is 0 Å². The van der Waals surface area contributed by atoms with Gasteiger partial charge in [-0.1, -0.05) is 40.5 Å². The van der Waals surface area contributed by atoms with E-state index in [9.17, 15) is 18.0 Å². The van der Waals surface area contributed by atoms with Crippen LogP contribution in [-0.4, -0.2) is 34.3 Å². The number of piperidine rings is 1. The van der Waals surface area contributed by atoms with Gasteiger partial charge in [0.05, 0.1) is 28.3 Å². The molecule has 206 valence electrons. The van der Waals surface area contributed by atoms with Crippen LogP contribution in [0.4, 0.5) is 23.7 Å². The number of rotatable bonds is 6. The van der Waals surface area contributed by atoms with Gasteiger partial charge in [0, 0.05) is 34.8 Å². The van der Waals surface area contributed by atoms with E-state index in [4.69, 9.17) is 32.5 Å². The SMILES string of the molecule is O=C(Nc1cccc(C(F)(F)F)c1)N1C2CCC1CC(OCc1c(-c3c(Cl)cccc3Cl)noc1C1CC1)C2. The smallest absolute Gasteiger partial charge is 0.373 e. The lowest BCUT2D eigenvalue weighted by atomic mass is 9.99. The molecule has 6 rings (SSSR count). The zero-order valence-electron chi connectivity index (χ0n) is 20.8. The monoisotopic (exact) mass is 579 g/mol. The first-order valence-corrected chi connectivity index (χ1v) is 13.8. The molecule has 2 unspecified atom stereocenters. The highest BCUT2D eigenvalue weighted by atomic mass is 35.5. The number of alkyl halides is 3. The van der Waals surface area contributed by atoms with E-state index in [1.165, 1.54) is 12.1 Å². The van der Waals surface area contributed by atoms with Crippen molar-refractivity contribution in [3.8, 4) is 11.3 Å². The normalized spacial score (nSPS) is 22.8. The van der Waals surface area contributed by atoms with Crippen molar-refractivity contribution in [1.82, 2.24) is 10.1 Å². The largest absolute Gasteiger partial charge is 0.416 e. The number of fused-ring (bicyclic) bond motifs is 2. The highest BCUT2D eigenvalue weighted by Gasteiger charge is 2.44. The van der Waals surface area contributed by atoms with Crippen LogP contribution in [0.2, 0.25) is 10.0 Å². The van der Waals surface area contributed by atoms with E-state index >= 15 is 0 Å². The molecule has 0 spiro atoms. The van der Waals surface area contributed by atoms with Crippen molar-refractivity contribution in [2.75, 3.05) is 5.32 Å². The Morgan fingerprint density at radius 2 is 1.72 bits per heavy atom. The minimum absolute atomic E-state index is 0.0533. The topological polar surface area (TPSA) is 67.6 Å². The number of carbonyl (C=O) groups is 1. The number of nitrogens with zero attached hydrogens (tertiary/aromatic N) is 2. The lowest BCUT2D eigenvalue weighted by Gasteiger charge is -2.38. The van der Waals surface area contributed by atoms with Gasteiger partial charge < -0.3 is 19.5 Å². The van der Waals surface area contributed by atoms with Gasteiger partial charge in [0.25, 0.3) is 0 Å². The van der Waals surface area contributed by atoms with Gasteiger partial charge in [-0.05, 0) is 68.9 Å². The van der Waals surface area contributed by atoms with Crippen molar-refractivity contribution in [3.63, 3.8) is 0 Å². The molecule has 39 heavy (non-hydrogen) atoms. The second kappa shape index (κ2) is 10.3. The highest BCUT2D eigenvalue weighted by Crippen LogP contribution is 2.46. The van der Waals surface area contributed by atoms with Crippen molar-refractivity contribution in [3.05, 3.63) is 69.4 Å². The lowest BCUT2D eigenvalue weighted by Crippen LogP contribution is -2.50. The van der Waals surface area contributed by atoms with E-state index in [1.54, 1.807) is 23.1 Å². The summed E-state index contributed by atoms with van der Waals surface area (Å²) >= 11 is 12.9. The van der Waals surface area contributed by atoms with E-state index in [-0.39, 0.29) is 36.5 Å². The van der Waals surface area contributed by atoms with Gasteiger partial charge in [0.1, 0.15) is 11.5 Å². The Hall–Kier alpha value is -2.75. The molecule has 2 aromatic carbocycles. The summed E-state index contributed by atoms with van der Waals surface area (Å²) in [7, 11) is 0. The summed E-state index contributed by atoms with van der Waals surface area (Å²) in [5.74, 6) is 1.12. The highest BCUT2D eigenvalue weighted by molar-refractivity contribution is 6.39. The van der Waals surface area contributed by atoms with Crippen LogP contribution < -0.4 is 5.32 Å². The van der Waals surface area contributed by atoms with E-state index in [1.807, 2.05) is 0 Å². The van der Waals surface area contributed by atoms with Crippen LogP contribution >= 0.6 is 23.2 Å². The Labute approximate surface area is 233 Å². The maximum Gasteiger partial charge on any atom is 0.416 e. The first kappa shape index (κ1) is 26.5. The molecule has 2 atom stereocenters. The Balaban J connectivity index is 1.14. The van der Waals surface area contributed by atoms with Crippen molar-refractivity contribution in [2.24, 2.45) is 0 Å². The molecular formula is C28H26Cl2F3N3O3. The standard InChI is InChI=1S/C28H26Cl2F3N3O3/c29-22-5-2-6-23(30)24(22)25-21(26(39-35-25)15-7-8-15)14-38-20-12-18-9-10-19(13-20)36(18)27(37)34-17-4-1-3-16(11-17)28(31,32)33/h1-6,11,15,18-20H,7-10,12-14H2,(H,34,37). The number of amides is 2. The third-order valence-corrected chi connectivity index (χ3v) is 8.43. The third kappa shape index (κ3) is 5.36. The fraction of sp³-hybridized carbons (Fsp3) is 0.429. The number of nitrogens with one attached hydrogen (secondary N) is 1. The number of hydrogen-bond acceptors (Lipinski definition) is 4. The number of hydrogen-bond donors (Lipinski definition) is 1. The molecule has 2 aliphatic heterocycles. The summed E-state index contributed by atoms with van der Waals surface area (Å²) < 4.78 is 51.4. The van der Waals surface area contributed by atoms with Gasteiger partial charge in [0.15, 0.2) is 0 Å². The minimum Gasteiger partial charge on any atom is -0.373 e. The summed E-state index contributed by atoms with van der Waals surface area (Å²) in [6.07, 6.45) is 0.413. The van der Waals surface area contributed by atoms with E-state index in [2.05, 4.69) is 10.5 Å². The number of anilines is 1. The Kier molecular flexibility index (Phi) is 7.02. The Morgan fingerprint density at radius 1 is 1.05 bits per heavy atom. The predicted molar refractivity (Wildman–Crippen MR) is 141 cm³/mol. The van der Waals surface area contributed by atoms with Crippen molar-refractivity contribution in [2.45, 2.75) is 75.4 Å². The Morgan fingerprint density at radius 3 is 2.36 bits per heavy atom. The summed E-state index contributed by atoms with van der Waals surface area (Å²) in [4.78, 5) is 14.8. The maximum atomic E-state index is 13.1. The Bertz CT molecular complexity index is 1360. The van der Waals surface area contributed by atoms with Crippen LogP contribution in [0.25, 0.3) is 11.3 Å². The fourth-order valence-electron chi connectivity index (χ4n) is 5.81. The van der Waals surface area contributed by atoms with E-state index in [0.717, 1.165) is 49.1 Å². The zero-order chi connectivity index (χ0) is 27.3. The molecule has 6 nitrogen and oxygen atoms in total. The number of aromatic nitrogens is 1. The van der Waals surface area contributed by atoms with Gasteiger partial charge in [-0.25, -0.2) is 4.79 Å². The molecule has 2 bridgehead atoms. The summed E-state index contributed by atoms with van der Waals surface area (Å²) in [6, 6.07) is 9.50. The quantitative estimate of drug-likeness (QED) is 0.319. The van der Waals surface area contributed by atoms with Gasteiger partial charge in [-0.3, -0.25) is 0 Å². The maximum absolute atomic E-state index is 13.1. The number of halogens is 5. The van der Waals surface area contributed by atoms with Crippen LogP contribution in [0.5, 0.6) is 0 Å². The lowest BCUT2D eigenvalue weighted by molar-refractivity contribution is -0.137. The van der Waals surface area contributed by atoms with Crippen molar-refractivity contribution >= 4 is 34.9 Å². The number of benzene rings is 2. The summed E-state index contributed by atoms with van der Waals surface area (Å²) in [6.45, 7) is 0.284. The molecule has 3 aliphatic rings. The second-order valence-corrected chi connectivity index (χ2v) is 11.3. The van der Waals surface area contributed by atoms with Gasteiger partial charge in [-0.2, -0.15) is 13.2 Å². The van der Waals surface area contributed by atoms with Crippen molar-refractivity contribution in [1.29, 1.82) is 0 Å². The van der Waals surface area contributed by atoms with E-state index < -0.39 is 11.7 Å². The molecule has 0 radical (unpaired) electrons. The van der Waals surface area contributed by atoms with E-state index in [0.29, 0.717) is 40.1 Å². The molecule has 1 N–H and O–H groups in total. The van der Waals surface area contributed by atoms with Crippen LogP contribution in [0.3, 0.4) is 0 Å². The molecule has 1 aromatic heterocycles. The molecule has 11 heteroatoms. The molecule has 3 fully saturated rings. The van der Waals surface area contributed by atoms with Gasteiger partial charge >= 0.3 is 12.2 Å². The molecule has 1 saturated carbocycles. The fourth-order valence-corrected chi connectivity index (χ4v) is 6.38. The van der Waals surface area contributed by atoms with Crippen molar-refractivity contribution < 1.29 is 27.2 Å². The van der Waals surface area contributed by atoms with Crippen LogP contribution in [0.1, 0.15) is 61.3 Å². The first-order valence-electron chi connectivity index (χ1n) is 13.0. The number of carbonyl (C=O) groups excluding carboxylic acids is 1. The zero-order valence-corrected chi connectivity index (χ0v) is 22.3. The van der Waals surface area contributed by atoms with Gasteiger partial charge in [-0.15, -0.1) is 0 Å². The second-order valence-electron chi connectivity index (χ2n) is 10.5. The molecule has 3 heterocycles. The third-order valence-electron chi connectivity index (χ3n) is 7.80. The molecule has 1 aliphatic carbocycles. The molecule has 2 amide bonds. The average molecular weight is 580 g/mol. The summed E-state index contributed by atoms with van der Waals surface area (Å²) in [5.41, 5.74) is 1.39. The predicted octanol–water partition coefficient (Wildman–Crippen LogP) is 8.29. The van der Waals surface area contributed by atoms with Crippen LogP contribution in [-0.2, 0) is 17.5 Å². The summed E-state index contributed by atoms with van der Waals surface area (Å²) in [5, 5.41) is 7.94. The molecule has 3 aromatic rings. The first-order chi connectivity index (χ1) is 18.7. The number of ether oxygens (including phenoxy) is 1. The average Bonchev–Trinajstić information content (AvgIpc) is 3.59. The molecule has 2 saturated heterocycles. The van der Waals surface area contributed by atoms with Gasteiger partial charge in [0.2, 0.25) is 0 Å².